The van der Waals surface area contributed by atoms with E-state index in [1.807, 2.05) is 30.3 Å². The standard InChI is InChI=1S/C18H15N3O4S2/c19-21-20-14-9-12(8-13(10-14)18(25)26-11-16(22)23)6-7-17(24)27-15-4-2-1-3-5-15/h1-5,8-10H,6-7,11H2,(H,22,23). The van der Waals surface area contributed by atoms with Crippen molar-refractivity contribution >= 4 is 45.4 Å². The molecule has 0 aromatic heterocycles. The third-order valence-electron chi connectivity index (χ3n) is 3.29. The van der Waals surface area contributed by atoms with E-state index in [9.17, 15) is 14.4 Å². The summed E-state index contributed by atoms with van der Waals surface area (Å²) in [6, 6.07) is 13.9. The molecule has 0 saturated heterocycles. The number of hydrogen-bond donors (Lipinski definition) is 1. The summed E-state index contributed by atoms with van der Waals surface area (Å²) in [6.07, 6.45) is 0.618. The predicted octanol–water partition coefficient (Wildman–Crippen LogP) is 4.84. The molecule has 138 valence electrons. The van der Waals surface area contributed by atoms with E-state index in [0.29, 0.717) is 23.7 Å². The summed E-state index contributed by atoms with van der Waals surface area (Å²) in [4.78, 5) is 38.5. The summed E-state index contributed by atoms with van der Waals surface area (Å²) in [5.74, 6) is -1.45. The van der Waals surface area contributed by atoms with Crippen molar-refractivity contribution in [3.05, 3.63) is 70.1 Å². The second-order valence-corrected chi connectivity index (χ2v) is 7.41. The molecule has 2 rings (SSSR count). The predicted molar refractivity (Wildman–Crippen MR) is 105 cm³/mol. The van der Waals surface area contributed by atoms with Crippen LogP contribution in [0.5, 0.6) is 0 Å². The molecular weight excluding hydrogens is 386 g/mol. The largest absolute Gasteiger partial charge is 0.481 e. The van der Waals surface area contributed by atoms with E-state index in [-0.39, 0.29) is 28.5 Å². The molecule has 2 aromatic rings. The maximum atomic E-state index is 12.1. The number of nitrogens with zero attached hydrogens (tertiary/aromatic N) is 3. The Morgan fingerprint density at radius 3 is 2.52 bits per heavy atom. The number of carbonyl (C=O) groups excluding carboxylic acids is 2. The molecule has 0 bridgehead atoms. The van der Waals surface area contributed by atoms with Crippen molar-refractivity contribution in [1.29, 1.82) is 0 Å². The van der Waals surface area contributed by atoms with E-state index < -0.39 is 11.1 Å². The first kappa shape index (κ1) is 20.6. The van der Waals surface area contributed by atoms with E-state index in [1.165, 1.54) is 6.07 Å². The molecule has 7 nitrogen and oxygen atoms in total. The topological polar surface area (TPSA) is 120 Å². The molecule has 0 amide bonds. The Morgan fingerprint density at radius 2 is 1.85 bits per heavy atom. The van der Waals surface area contributed by atoms with Crippen LogP contribution >= 0.6 is 23.5 Å². The smallest absolute Gasteiger partial charge is 0.313 e. The van der Waals surface area contributed by atoms with Gasteiger partial charge in [-0.25, -0.2) is 0 Å². The molecule has 0 atom stereocenters. The summed E-state index contributed by atoms with van der Waals surface area (Å²) >= 11 is 1.80. The van der Waals surface area contributed by atoms with Crippen molar-refractivity contribution in [2.75, 3.05) is 5.75 Å². The molecule has 0 radical (unpaired) electrons. The number of hydrogen-bond acceptors (Lipinski definition) is 6. The van der Waals surface area contributed by atoms with Gasteiger partial charge in [-0.1, -0.05) is 46.8 Å². The van der Waals surface area contributed by atoms with Crippen LogP contribution in [-0.2, 0) is 16.0 Å². The summed E-state index contributed by atoms with van der Waals surface area (Å²) in [5, 5.41) is 11.7. The van der Waals surface area contributed by atoms with Crippen LogP contribution in [0.2, 0.25) is 0 Å². The maximum absolute atomic E-state index is 12.1. The summed E-state index contributed by atoms with van der Waals surface area (Å²) in [5.41, 5.74) is 9.79. The normalized spacial score (nSPS) is 10.1. The number of azide groups is 1. The van der Waals surface area contributed by atoms with E-state index in [1.54, 1.807) is 12.1 Å². The molecule has 0 spiro atoms. The zero-order valence-electron chi connectivity index (χ0n) is 14.1. The van der Waals surface area contributed by atoms with Gasteiger partial charge < -0.3 is 5.11 Å². The van der Waals surface area contributed by atoms with Crippen LogP contribution in [0.3, 0.4) is 0 Å². The van der Waals surface area contributed by atoms with Crippen LogP contribution in [0.15, 0.2) is 58.5 Å². The zero-order chi connectivity index (χ0) is 19.6. The summed E-state index contributed by atoms with van der Waals surface area (Å²) in [7, 11) is 0. The molecule has 27 heavy (non-hydrogen) atoms. The van der Waals surface area contributed by atoms with E-state index >= 15 is 0 Å². The van der Waals surface area contributed by atoms with Gasteiger partial charge in [-0.05, 0) is 47.8 Å². The van der Waals surface area contributed by atoms with Crippen molar-refractivity contribution < 1.29 is 19.5 Å². The van der Waals surface area contributed by atoms with Crippen LogP contribution in [-0.4, -0.2) is 27.1 Å². The van der Waals surface area contributed by atoms with Crippen LogP contribution in [0.4, 0.5) is 5.69 Å². The number of carbonyl (C=O) groups is 3. The van der Waals surface area contributed by atoms with Gasteiger partial charge in [-0.15, -0.1) is 0 Å². The molecular formula is C18H15N3O4S2. The minimum absolute atomic E-state index is 0.0245. The lowest BCUT2D eigenvalue weighted by molar-refractivity contribution is -0.133. The number of thioether (sulfide) groups is 2. The van der Waals surface area contributed by atoms with Crippen LogP contribution in [0.1, 0.15) is 22.3 Å². The van der Waals surface area contributed by atoms with Gasteiger partial charge in [0.1, 0.15) is 0 Å². The number of aliphatic carboxylic acids is 1. The van der Waals surface area contributed by atoms with Crippen LogP contribution in [0.25, 0.3) is 10.4 Å². The highest BCUT2D eigenvalue weighted by atomic mass is 32.2. The van der Waals surface area contributed by atoms with E-state index in [0.717, 1.165) is 16.7 Å². The van der Waals surface area contributed by atoms with Crippen molar-refractivity contribution in [2.45, 2.75) is 17.7 Å². The fraction of sp³-hybridized carbons (Fsp3) is 0.167. The lowest BCUT2D eigenvalue weighted by Gasteiger charge is -2.06. The molecule has 0 saturated carbocycles. The van der Waals surface area contributed by atoms with Gasteiger partial charge in [0.05, 0.1) is 5.75 Å². The van der Waals surface area contributed by atoms with Crippen molar-refractivity contribution in [2.24, 2.45) is 5.11 Å². The van der Waals surface area contributed by atoms with Gasteiger partial charge >= 0.3 is 5.97 Å². The summed E-state index contributed by atoms with van der Waals surface area (Å²) in [6.45, 7) is 0. The minimum Gasteiger partial charge on any atom is -0.481 e. The molecule has 0 unspecified atom stereocenters. The highest BCUT2D eigenvalue weighted by Crippen LogP contribution is 2.25. The first-order valence-electron chi connectivity index (χ1n) is 7.81. The average molecular weight is 401 g/mol. The van der Waals surface area contributed by atoms with Gasteiger partial charge in [0.25, 0.3) is 0 Å². The quantitative estimate of drug-likeness (QED) is 0.292. The van der Waals surface area contributed by atoms with Crippen LogP contribution in [0, 0.1) is 0 Å². The van der Waals surface area contributed by atoms with Gasteiger partial charge in [0.2, 0.25) is 5.12 Å². The molecule has 0 fully saturated rings. The Morgan fingerprint density at radius 1 is 1.11 bits per heavy atom. The monoisotopic (exact) mass is 401 g/mol. The highest BCUT2D eigenvalue weighted by Gasteiger charge is 2.12. The molecule has 9 heteroatoms. The molecule has 0 aliphatic carbocycles. The Kier molecular flexibility index (Phi) is 7.94. The fourth-order valence-electron chi connectivity index (χ4n) is 2.17. The molecule has 1 N–H and O–H groups in total. The molecule has 0 aliphatic rings. The molecule has 2 aromatic carbocycles. The van der Waals surface area contributed by atoms with Gasteiger partial charge in [-0.2, -0.15) is 0 Å². The third-order valence-corrected chi connectivity index (χ3v) is 5.12. The van der Waals surface area contributed by atoms with Gasteiger partial charge in [0, 0.05) is 27.5 Å². The van der Waals surface area contributed by atoms with Crippen molar-refractivity contribution in [3.63, 3.8) is 0 Å². The zero-order valence-corrected chi connectivity index (χ0v) is 15.7. The SMILES string of the molecule is [N-]=[N+]=Nc1cc(CCC(=O)Sc2ccccc2)cc(C(=O)SCC(=O)O)c1. The number of carboxylic acids is 1. The first-order valence-corrected chi connectivity index (χ1v) is 9.62. The van der Waals surface area contributed by atoms with E-state index in [2.05, 4.69) is 10.0 Å². The van der Waals surface area contributed by atoms with Gasteiger partial charge in [0.15, 0.2) is 5.12 Å². The molecule has 0 aliphatic heterocycles. The van der Waals surface area contributed by atoms with Gasteiger partial charge in [-0.3, -0.25) is 14.4 Å². The first-order chi connectivity index (χ1) is 13.0. The highest BCUT2D eigenvalue weighted by molar-refractivity contribution is 8.14. The maximum Gasteiger partial charge on any atom is 0.313 e. The number of benzene rings is 2. The Hall–Kier alpha value is -2.74. The number of carboxylic acid groups (broad SMARTS) is 1. The second-order valence-electron chi connectivity index (χ2n) is 5.33. The van der Waals surface area contributed by atoms with Crippen molar-refractivity contribution in [1.82, 2.24) is 0 Å². The average Bonchev–Trinajstić information content (AvgIpc) is 2.65. The third kappa shape index (κ3) is 7.18. The summed E-state index contributed by atoms with van der Waals surface area (Å²) < 4.78 is 0. The molecule has 0 heterocycles. The lowest BCUT2D eigenvalue weighted by Crippen LogP contribution is -2.04. The Bertz CT molecular complexity index is 897. The van der Waals surface area contributed by atoms with Crippen molar-refractivity contribution in [3.8, 4) is 0 Å². The van der Waals surface area contributed by atoms with Crippen LogP contribution < -0.4 is 0 Å². The second kappa shape index (κ2) is 10.4. The Labute approximate surface area is 163 Å². The minimum atomic E-state index is -1.09. The fourth-order valence-corrected chi connectivity index (χ4v) is 3.47. The lowest BCUT2D eigenvalue weighted by atomic mass is 10.1. The number of aryl methyl sites for hydroxylation is 1. The van der Waals surface area contributed by atoms with E-state index in [4.69, 9.17) is 10.6 Å². The number of rotatable bonds is 8. The Balaban J connectivity index is 2.08.